The first kappa shape index (κ1) is 30.6. The van der Waals surface area contributed by atoms with Gasteiger partial charge < -0.3 is 9.13 Å². The molecule has 9 aromatic rings. The van der Waals surface area contributed by atoms with Gasteiger partial charge in [0.15, 0.2) is 0 Å². The zero-order chi connectivity index (χ0) is 34.3. The number of rotatable bonds is 8. The molecule has 0 radical (unpaired) electrons. The van der Waals surface area contributed by atoms with Gasteiger partial charge in [-0.2, -0.15) is 0 Å². The topological polar surface area (TPSA) is 42.1 Å². The maximum absolute atomic E-state index is 4.33. The number of fused-ring (bicyclic) bond motifs is 3. The summed E-state index contributed by atoms with van der Waals surface area (Å²) in [6, 6.07) is 51.8. The molecule has 5 aromatic heterocycles. The standard InChI is InChI=1S/C44H34N6S/c1-47-39(31-9-5-3-6-10-31)15-19-43(47)49(33-21-25-45-26-22-33)35-13-17-41-37(29-35)38-30-36(14-18-42(38)51-41)50(34-23-27-46-28-24-34)44-20-16-40(48(44)2)32-11-7-4-8-12-32/h3-30H,1-2H3. The Labute approximate surface area is 300 Å². The second-order valence-electron chi connectivity index (χ2n) is 12.5. The monoisotopic (exact) mass is 678 g/mol. The number of hydrogen-bond donors (Lipinski definition) is 0. The summed E-state index contributed by atoms with van der Waals surface area (Å²) in [5.41, 5.74) is 8.94. The van der Waals surface area contributed by atoms with E-state index in [1.807, 2.05) is 36.1 Å². The van der Waals surface area contributed by atoms with Gasteiger partial charge in [0.25, 0.3) is 0 Å². The fourth-order valence-corrected chi connectivity index (χ4v) is 8.16. The predicted octanol–water partition coefficient (Wildman–Crippen LogP) is 11.8. The van der Waals surface area contributed by atoms with Gasteiger partial charge in [-0.1, -0.05) is 60.7 Å². The number of thiophene rings is 1. The number of hydrogen-bond acceptors (Lipinski definition) is 5. The molecule has 0 aliphatic rings. The van der Waals surface area contributed by atoms with Crippen LogP contribution in [0.3, 0.4) is 0 Å². The Bertz CT molecular complexity index is 2430. The Hall–Kier alpha value is -6.44. The normalized spacial score (nSPS) is 11.3. The van der Waals surface area contributed by atoms with Crippen LogP contribution in [0.4, 0.5) is 34.4 Å². The molecule has 0 saturated heterocycles. The molecule has 0 unspecified atom stereocenters. The lowest BCUT2D eigenvalue weighted by Crippen LogP contribution is -2.14. The van der Waals surface area contributed by atoms with E-state index >= 15 is 0 Å². The third-order valence-corrected chi connectivity index (χ3v) is 10.7. The third-order valence-electron chi connectivity index (χ3n) is 9.58. The van der Waals surface area contributed by atoms with Crippen molar-refractivity contribution in [1.29, 1.82) is 0 Å². The van der Waals surface area contributed by atoms with Gasteiger partial charge in [-0.05, 0) is 96.1 Å². The van der Waals surface area contributed by atoms with Gasteiger partial charge in [-0.3, -0.25) is 19.8 Å². The molecule has 0 aliphatic heterocycles. The van der Waals surface area contributed by atoms with Gasteiger partial charge in [0.2, 0.25) is 0 Å². The van der Waals surface area contributed by atoms with Crippen molar-refractivity contribution in [3.63, 3.8) is 0 Å². The molecule has 0 saturated carbocycles. The predicted molar refractivity (Wildman–Crippen MR) is 213 cm³/mol. The summed E-state index contributed by atoms with van der Waals surface area (Å²) < 4.78 is 7.02. The van der Waals surface area contributed by atoms with Crippen LogP contribution in [-0.4, -0.2) is 19.1 Å². The molecular weight excluding hydrogens is 645 g/mol. The molecule has 246 valence electrons. The van der Waals surface area contributed by atoms with E-state index < -0.39 is 0 Å². The Morgan fingerprint density at radius 1 is 0.431 bits per heavy atom. The van der Waals surface area contributed by atoms with Crippen molar-refractivity contribution in [3.05, 3.63) is 170 Å². The maximum Gasteiger partial charge on any atom is 0.117 e. The van der Waals surface area contributed by atoms with E-state index in [0.29, 0.717) is 0 Å². The summed E-state index contributed by atoms with van der Waals surface area (Å²) >= 11 is 1.83. The highest BCUT2D eigenvalue weighted by atomic mass is 32.1. The molecule has 5 heterocycles. The average Bonchev–Trinajstić information content (AvgIpc) is 3.88. The molecule has 4 aromatic carbocycles. The number of nitrogens with zero attached hydrogens (tertiary/aromatic N) is 6. The van der Waals surface area contributed by atoms with Crippen LogP contribution < -0.4 is 9.80 Å². The summed E-state index contributed by atoms with van der Waals surface area (Å²) in [6.07, 6.45) is 7.42. The highest BCUT2D eigenvalue weighted by molar-refractivity contribution is 7.25. The van der Waals surface area contributed by atoms with Gasteiger partial charge in [0, 0.05) is 81.8 Å². The van der Waals surface area contributed by atoms with E-state index in [1.165, 1.54) is 31.3 Å². The highest BCUT2D eigenvalue weighted by Crippen LogP contribution is 2.44. The van der Waals surface area contributed by atoms with Crippen molar-refractivity contribution in [2.75, 3.05) is 9.80 Å². The first-order valence-corrected chi connectivity index (χ1v) is 17.7. The molecule has 0 aliphatic carbocycles. The molecule has 0 amide bonds. The lowest BCUT2D eigenvalue weighted by atomic mass is 10.1. The molecule has 0 spiro atoms. The first-order valence-electron chi connectivity index (χ1n) is 16.9. The smallest absolute Gasteiger partial charge is 0.117 e. The zero-order valence-electron chi connectivity index (χ0n) is 28.3. The number of benzene rings is 4. The average molecular weight is 679 g/mol. The van der Waals surface area contributed by atoms with Gasteiger partial charge in [0.1, 0.15) is 11.6 Å². The van der Waals surface area contributed by atoms with Crippen molar-refractivity contribution in [2.45, 2.75) is 0 Å². The van der Waals surface area contributed by atoms with Crippen LogP contribution in [0.5, 0.6) is 0 Å². The van der Waals surface area contributed by atoms with Crippen LogP contribution in [0, 0.1) is 0 Å². The molecule has 6 nitrogen and oxygen atoms in total. The molecule has 0 N–H and O–H groups in total. The number of aromatic nitrogens is 4. The third kappa shape index (κ3) is 5.44. The molecule has 0 fully saturated rings. The van der Waals surface area contributed by atoms with Crippen LogP contribution in [-0.2, 0) is 14.1 Å². The van der Waals surface area contributed by atoms with E-state index in [0.717, 1.165) is 45.8 Å². The van der Waals surface area contributed by atoms with Crippen molar-refractivity contribution in [3.8, 4) is 22.5 Å². The maximum atomic E-state index is 4.33. The van der Waals surface area contributed by atoms with E-state index in [-0.39, 0.29) is 0 Å². The first-order chi connectivity index (χ1) is 25.1. The van der Waals surface area contributed by atoms with Crippen LogP contribution >= 0.6 is 11.3 Å². The quantitative estimate of drug-likeness (QED) is 0.160. The SMILES string of the molecule is Cn1c(-c2ccccc2)ccc1N(c1ccncc1)c1ccc2sc3ccc(N(c4ccncc4)c4ccc(-c5ccccc5)n4C)cc3c2c1. The Kier molecular flexibility index (Phi) is 7.67. The number of anilines is 6. The molecule has 0 bridgehead atoms. The van der Waals surface area contributed by atoms with Crippen molar-refractivity contribution < 1.29 is 0 Å². The van der Waals surface area contributed by atoms with Gasteiger partial charge >= 0.3 is 0 Å². The van der Waals surface area contributed by atoms with E-state index in [2.05, 4.69) is 189 Å². The van der Waals surface area contributed by atoms with Gasteiger partial charge in [-0.25, -0.2) is 0 Å². The summed E-state index contributed by atoms with van der Waals surface area (Å²) in [4.78, 5) is 13.3. The molecule has 51 heavy (non-hydrogen) atoms. The largest absolute Gasteiger partial charge is 0.330 e. The molecule has 7 heteroatoms. The minimum Gasteiger partial charge on any atom is -0.330 e. The molecule has 9 rings (SSSR count). The van der Waals surface area contributed by atoms with Crippen LogP contribution in [0.2, 0.25) is 0 Å². The highest BCUT2D eigenvalue weighted by Gasteiger charge is 2.21. The summed E-state index contributed by atoms with van der Waals surface area (Å²) in [6.45, 7) is 0. The Balaban J connectivity index is 1.19. The van der Waals surface area contributed by atoms with E-state index in [1.54, 1.807) is 0 Å². The molecule has 0 atom stereocenters. The van der Waals surface area contributed by atoms with Gasteiger partial charge in [-0.15, -0.1) is 11.3 Å². The van der Waals surface area contributed by atoms with Crippen LogP contribution in [0.25, 0.3) is 42.7 Å². The Morgan fingerprint density at radius 3 is 1.25 bits per heavy atom. The summed E-state index contributed by atoms with van der Waals surface area (Å²) in [7, 11) is 4.27. The zero-order valence-corrected chi connectivity index (χ0v) is 29.1. The van der Waals surface area contributed by atoms with Crippen LogP contribution in [0.1, 0.15) is 0 Å². The Morgan fingerprint density at radius 2 is 0.843 bits per heavy atom. The fraction of sp³-hybridized carbons (Fsp3) is 0.0455. The van der Waals surface area contributed by atoms with Gasteiger partial charge in [0.05, 0.1) is 11.4 Å². The van der Waals surface area contributed by atoms with E-state index in [4.69, 9.17) is 0 Å². The van der Waals surface area contributed by atoms with Crippen molar-refractivity contribution in [2.24, 2.45) is 14.1 Å². The second kappa shape index (κ2) is 12.8. The minimum atomic E-state index is 1.05. The number of pyridine rings is 2. The van der Waals surface area contributed by atoms with Crippen molar-refractivity contribution >= 4 is 65.9 Å². The lowest BCUT2D eigenvalue weighted by Gasteiger charge is -2.26. The van der Waals surface area contributed by atoms with Crippen molar-refractivity contribution in [1.82, 2.24) is 19.1 Å². The lowest BCUT2D eigenvalue weighted by molar-refractivity contribution is 0.921. The minimum absolute atomic E-state index is 1.05. The summed E-state index contributed by atoms with van der Waals surface area (Å²) in [5.74, 6) is 2.14. The van der Waals surface area contributed by atoms with Crippen LogP contribution in [0.15, 0.2) is 170 Å². The summed E-state index contributed by atoms with van der Waals surface area (Å²) in [5, 5.41) is 2.44. The molecular formula is C44H34N6S. The fourth-order valence-electron chi connectivity index (χ4n) is 7.09. The van der Waals surface area contributed by atoms with E-state index in [9.17, 15) is 0 Å². The second-order valence-corrected chi connectivity index (χ2v) is 13.6.